The maximum atomic E-state index is 13.4. The predicted molar refractivity (Wildman–Crippen MR) is 443 cm³/mol. The molecule has 0 radical (unpaired) electrons. The molecule has 10 amide bonds. The number of hydrogen-bond donors (Lipinski definition) is 5. The van der Waals surface area contributed by atoms with Gasteiger partial charge in [-0.25, -0.2) is 58.1 Å². The number of benzene rings is 3. The Morgan fingerprint density at radius 2 is 0.871 bits per heavy atom. The molecule has 12 rings (SSSR count). The summed E-state index contributed by atoms with van der Waals surface area (Å²) in [4.78, 5) is 149. The molecule has 7 N–H and O–H groups in total. The molecule has 0 bridgehead atoms. The van der Waals surface area contributed by atoms with Gasteiger partial charge in [-0.15, -0.1) is 0 Å². The molecular weight excluding hydrogens is 1500 g/mol. The number of esters is 1. The van der Waals surface area contributed by atoms with E-state index in [0.717, 1.165) is 69.0 Å². The molecule has 6 fully saturated rings. The number of halogens is 1. The van der Waals surface area contributed by atoms with Crippen molar-refractivity contribution in [2.45, 2.75) is 194 Å². The Balaban J connectivity index is 0.000000193. The molecule has 28 heteroatoms. The van der Waals surface area contributed by atoms with Crippen molar-refractivity contribution < 1.29 is 68.0 Å². The van der Waals surface area contributed by atoms with Crippen LogP contribution < -0.4 is 11.5 Å². The third kappa shape index (κ3) is 21.1. The fraction of sp³-hybridized carbons (Fsp3) is 0.466. The van der Waals surface area contributed by atoms with E-state index in [9.17, 15) is 63.3 Å². The summed E-state index contributed by atoms with van der Waals surface area (Å²) in [6.45, 7) is 20.0. The Bertz CT molecular complexity index is 4490. The second-order valence-corrected chi connectivity index (χ2v) is 31.3. The first-order chi connectivity index (χ1) is 54.8. The number of nitrogens with two attached hydrogens (primary N) is 2. The van der Waals surface area contributed by atoms with Crippen molar-refractivity contribution in [3.63, 3.8) is 0 Å². The van der Waals surface area contributed by atoms with Crippen molar-refractivity contribution >= 4 is 83.1 Å². The van der Waals surface area contributed by atoms with Crippen LogP contribution in [0.1, 0.15) is 164 Å². The smallest absolute Gasteiger partial charge is 0.330 e. The lowest BCUT2D eigenvalue weighted by Crippen LogP contribution is -2.68. The zero-order valence-corrected chi connectivity index (χ0v) is 68.1. The van der Waals surface area contributed by atoms with Crippen molar-refractivity contribution in [3.8, 4) is 0 Å². The molecule has 6 aliphatic rings. The molecule has 622 valence electrons. The first-order valence-corrected chi connectivity index (χ1v) is 39.9. The molecule has 4 aliphatic heterocycles. The fourth-order valence-electron chi connectivity index (χ4n) is 16.5. The third-order valence-electron chi connectivity index (χ3n) is 23.8. The van der Waals surface area contributed by atoms with E-state index in [1.54, 1.807) is 85.5 Å². The van der Waals surface area contributed by atoms with Crippen LogP contribution in [0.3, 0.4) is 0 Å². The average molecular weight is 1610 g/mol. The van der Waals surface area contributed by atoms with Crippen LogP contribution >= 0.6 is 11.6 Å². The highest BCUT2D eigenvalue weighted by Crippen LogP contribution is 2.43. The van der Waals surface area contributed by atoms with Crippen LogP contribution in [0.25, 0.3) is 0 Å². The molecule has 3 aromatic heterocycles. The van der Waals surface area contributed by atoms with E-state index in [2.05, 4.69) is 42.0 Å². The molecule has 2 aliphatic carbocycles. The van der Waals surface area contributed by atoms with Crippen LogP contribution in [0.2, 0.25) is 5.02 Å². The molecule has 0 unspecified atom stereocenters. The van der Waals surface area contributed by atoms with Crippen LogP contribution in [-0.2, 0) is 59.2 Å². The summed E-state index contributed by atoms with van der Waals surface area (Å²) in [5, 5.41) is 29.6. The van der Waals surface area contributed by atoms with Crippen molar-refractivity contribution in [1.29, 1.82) is 0 Å². The van der Waals surface area contributed by atoms with Gasteiger partial charge in [-0.05, 0) is 193 Å². The highest BCUT2D eigenvalue weighted by atomic mass is 35.5. The summed E-state index contributed by atoms with van der Waals surface area (Å²) in [5.74, 6) is -5.04. The minimum atomic E-state index is -1.21. The molecule has 27 nitrogen and oxygen atoms in total. The van der Waals surface area contributed by atoms with E-state index >= 15 is 0 Å². The maximum absolute atomic E-state index is 13.4. The Kier molecular flexibility index (Phi) is 31.8. The summed E-state index contributed by atoms with van der Waals surface area (Å²) >= 11 is 5.98. The number of nitrogen functional groups attached to an aromatic ring is 2. The number of rotatable bonds is 22. The lowest BCUT2D eigenvalue weighted by atomic mass is 9.80. The van der Waals surface area contributed by atoms with Gasteiger partial charge in [-0.3, -0.25) is 24.4 Å². The number of aryl methyl sites for hydroxylation is 2. The summed E-state index contributed by atoms with van der Waals surface area (Å²) in [6, 6.07) is 30.8. The number of amides is 10. The summed E-state index contributed by atoms with van der Waals surface area (Å²) in [6.07, 6.45) is 19.0. The Hall–Kier alpha value is -11.2. The van der Waals surface area contributed by atoms with Crippen LogP contribution in [0.15, 0.2) is 164 Å². The SMILES string of the molecule is C.C=C1[C@H](Cc2ccnc(C)c2)[C@@H](C(=O)OCC)N1C(=O)N(C)[C@H](C)C1CCCCC1.C=C1[C@H](Cc2ccnc(N)c2)[C@@H](C(=O)O)N1C(=O)N(C)[C@H](C)C1CCCCC1.C[C@H](c1ccccc1)N(C)C(=O)N1C(=O)[C@H](CCc2cccc(Cl)c2)[C@H]1C(=O)O.C[C@H](c1ccccc1)N(C)C(=O)N1C(=O)[C@H](Cc2ccnc(N)c2)[C@H]1C(=O)O. The van der Waals surface area contributed by atoms with Gasteiger partial charge in [-0.1, -0.05) is 144 Å². The number of likely N-dealkylation sites (tertiary alicyclic amines) is 4. The lowest BCUT2D eigenvalue weighted by molar-refractivity contribution is -0.166. The van der Waals surface area contributed by atoms with Gasteiger partial charge >= 0.3 is 48.0 Å². The van der Waals surface area contributed by atoms with Crippen LogP contribution in [-0.4, -0.2) is 200 Å². The number of carbonyl (C=O) groups is 10. The second kappa shape index (κ2) is 40.9. The van der Waals surface area contributed by atoms with E-state index in [1.807, 2.05) is 119 Å². The van der Waals surface area contributed by atoms with E-state index in [0.29, 0.717) is 77.7 Å². The van der Waals surface area contributed by atoms with Crippen molar-refractivity contribution in [3.05, 3.63) is 209 Å². The monoisotopic (exact) mass is 1610 g/mol. The van der Waals surface area contributed by atoms with Gasteiger partial charge in [0.05, 0.1) is 30.5 Å². The van der Waals surface area contributed by atoms with E-state index in [4.69, 9.17) is 27.8 Å². The minimum Gasteiger partial charge on any atom is -0.480 e. The van der Waals surface area contributed by atoms with Crippen LogP contribution in [0.5, 0.6) is 0 Å². The van der Waals surface area contributed by atoms with Gasteiger partial charge in [0.1, 0.15) is 23.7 Å². The van der Waals surface area contributed by atoms with E-state index in [1.165, 1.54) is 59.4 Å². The number of imide groups is 2. The standard InChI is InChI=1S/C24H35N3O3.C22H23ClN2O4.C21H30N4O3.C20H22N4O4.CH4/c1-6-30-23(28)22-21(15-19-12-13-25-16(2)14-19)18(4)27(22)24(29)26(5)17(3)20-10-8-7-9-11-20;1-14(16-8-4-3-5-9-16)24(2)22(29)25-19(21(27)28)18(20(25)26)12-11-15-7-6-10-17(23)13-15;1-13(16-7-5-4-6-8-16)24(3)21(28)25-14(2)17(19(25)20(26)27)11-15-9-10-23-18(22)12-15;1-12(14-6-4-3-5-7-14)23(2)20(28)24-17(19(26)27)15(18(24)25)10-13-8-9-22-16(21)11-13;/h12-14,17,20-22H,4,6-11,15H2,1-3,5H3;3-10,13-14,18-19H,11-12H2,1-2H3,(H,27,28);9-10,12-13,16-17,19H,2,4-8,11H2,1,3H3,(H2,22,23)(H,26,27);3-9,11-12,15,17H,10H2,1-2H3,(H2,21,22)(H,26,27);1H4/t17-,21+,22+;14-,18-,19+;13-,17+,19+;12-,15-,17+;/m1111./s1. The van der Waals surface area contributed by atoms with E-state index < -0.39 is 77.8 Å². The minimum absolute atomic E-state index is 0. The molecule has 2 saturated carbocycles. The summed E-state index contributed by atoms with van der Waals surface area (Å²) < 4.78 is 5.32. The molecule has 116 heavy (non-hydrogen) atoms. The number of carbonyl (C=O) groups excluding carboxylic acids is 7. The van der Waals surface area contributed by atoms with Gasteiger partial charge in [0, 0.05) is 92.8 Å². The van der Waals surface area contributed by atoms with Crippen LogP contribution in [0, 0.1) is 42.4 Å². The predicted octanol–water partition coefficient (Wildman–Crippen LogP) is 14.0. The van der Waals surface area contributed by atoms with E-state index in [-0.39, 0.29) is 67.9 Å². The highest BCUT2D eigenvalue weighted by Gasteiger charge is 2.58. The molecule has 12 atom stereocenters. The number of anilines is 2. The first-order valence-electron chi connectivity index (χ1n) is 39.5. The van der Waals surface area contributed by atoms with Gasteiger partial charge in [-0.2, -0.15) is 0 Å². The topological polar surface area (TPSA) is 357 Å². The van der Waals surface area contributed by atoms with Crippen molar-refractivity contribution in [1.82, 2.24) is 54.2 Å². The first kappa shape index (κ1) is 90.3. The molecule has 0 spiro atoms. The number of urea groups is 4. The highest BCUT2D eigenvalue weighted by molar-refractivity contribution is 6.30. The zero-order chi connectivity index (χ0) is 83.8. The third-order valence-corrected chi connectivity index (χ3v) is 24.0. The number of nitrogens with zero attached hydrogens (tertiary/aromatic N) is 11. The zero-order valence-electron chi connectivity index (χ0n) is 67.4. The Morgan fingerprint density at radius 3 is 1.28 bits per heavy atom. The number of ether oxygens (including phenoxy) is 1. The fourth-order valence-corrected chi connectivity index (χ4v) is 16.7. The van der Waals surface area contributed by atoms with Crippen molar-refractivity contribution in [2.24, 2.45) is 35.5 Å². The van der Waals surface area contributed by atoms with Gasteiger partial charge in [0.25, 0.3) is 0 Å². The number of β-lactam (4-membered cyclic amide) rings is 2. The largest absolute Gasteiger partial charge is 0.480 e. The van der Waals surface area contributed by atoms with Gasteiger partial charge < -0.3 is 51.1 Å². The van der Waals surface area contributed by atoms with Gasteiger partial charge in [0.15, 0.2) is 12.1 Å². The summed E-state index contributed by atoms with van der Waals surface area (Å²) in [7, 11) is 6.75. The number of carboxylic acids is 3. The average Bonchev–Trinajstić information content (AvgIpc) is 0.758. The lowest BCUT2D eigenvalue weighted by Gasteiger charge is -2.50. The number of aromatic nitrogens is 3. The summed E-state index contributed by atoms with van der Waals surface area (Å²) in [5.41, 5.74) is 18.9. The quantitative estimate of drug-likeness (QED) is 0.0311. The number of pyridine rings is 3. The van der Waals surface area contributed by atoms with Crippen molar-refractivity contribution in [2.75, 3.05) is 46.3 Å². The Labute approximate surface area is 685 Å². The Morgan fingerprint density at radius 1 is 0.491 bits per heavy atom. The molecule has 4 saturated heterocycles. The maximum Gasteiger partial charge on any atom is 0.330 e. The number of hydrogen-bond acceptors (Lipinski definition) is 16. The van der Waals surface area contributed by atoms with Gasteiger partial charge in [0.2, 0.25) is 11.8 Å². The molecule has 3 aromatic carbocycles. The normalized spacial score (nSPS) is 21.3. The number of carboxylic acid groups (broad SMARTS) is 3. The number of aliphatic carboxylic acids is 3. The van der Waals surface area contributed by atoms with Crippen LogP contribution in [0.4, 0.5) is 30.8 Å². The molecule has 7 heterocycles. The molecular formula is C88H114ClN13O14. The second-order valence-electron chi connectivity index (χ2n) is 30.9. The molecule has 6 aromatic rings.